The minimum Gasteiger partial charge on any atom is -0.399 e. The summed E-state index contributed by atoms with van der Waals surface area (Å²) in [6, 6.07) is 4.99. The van der Waals surface area contributed by atoms with Gasteiger partial charge in [0.2, 0.25) is 5.91 Å². The van der Waals surface area contributed by atoms with Crippen molar-refractivity contribution in [3.8, 4) is 0 Å². The van der Waals surface area contributed by atoms with E-state index >= 15 is 0 Å². The number of halogens is 1. The van der Waals surface area contributed by atoms with Gasteiger partial charge >= 0.3 is 0 Å². The van der Waals surface area contributed by atoms with Gasteiger partial charge in [-0.3, -0.25) is 9.69 Å². The van der Waals surface area contributed by atoms with Gasteiger partial charge in [0, 0.05) is 17.6 Å². The quantitative estimate of drug-likeness (QED) is 0.675. The van der Waals surface area contributed by atoms with Gasteiger partial charge in [-0.25, -0.2) is 0 Å². The molecule has 6 heteroatoms. The van der Waals surface area contributed by atoms with E-state index in [1.807, 2.05) is 25.8 Å². The Balaban J connectivity index is 2.41. The molecule has 0 radical (unpaired) electrons. The molecule has 1 aromatic rings. The number of hydrogen-bond acceptors (Lipinski definition) is 4. The number of amides is 1. The van der Waals surface area contributed by atoms with Crippen molar-refractivity contribution in [3.63, 3.8) is 0 Å². The van der Waals surface area contributed by atoms with Gasteiger partial charge in [0.05, 0.1) is 17.3 Å². The molecule has 0 aliphatic carbocycles. The largest absolute Gasteiger partial charge is 0.399 e. The van der Waals surface area contributed by atoms with Crippen LogP contribution in [0.3, 0.4) is 0 Å². The number of rotatable bonds is 7. The highest BCUT2D eigenvalue weighted by Gasteiger charge is 2.21. The molecule has 0 aliphatic rings. The second-order valence-electron chi connectivity index (χ2n) is 5.78. The molecule has 0 unspecified atom stereocenters. The van der Waals surface area contributed by atoms with Crippen molar-refractivity contribution < 1.29 is 9.90 Å². The zero-order valence-corrected chi connectivity index (χ0v) is 13.6. The maximum Gasteiger partial charge on any atom is 0.224 e. The normalized spacial score (nSPS) is 11.7. The lowest BCUT2D eigenvalue weighted by atomic mass is 10.0. The predicted molar refractivity (Wildman–Crippen MR) is 87.5 cm³/mol. The van der Waals surface area contributed by atoms with Crippen LogP contribution in [-0.2, 0) is 4.79 Å². The minimum absolute atomic E-state index is 0.0801. The van der Waals surface area contributed by atoms with Gasteiger partial charge in [-0.05, 0) is 52.1 Å². The fourth-order valence-corrected chi connectivity index (χ4v) is 1.98. The third-order valence-corrected chi connectivity index (χ3v) is 3.90. The molecule has 0 spiro atoms. The second-order valence-corrected chi connectivity index (χ2v) is 6.19. The number of nitrogen functional groups attached to an aromatic ring is 1. The minimum atomic E-state index is -0.281. The van der Waals surface area contributed by atoms with E-state index in [0.29, 0.717) is 29.2 Å². The number of carbonyl (C=O) groups is 1. The van der Waals surface area contributed by atoms with Crippen LogP contribution in [0.4, 0.5) is 11.4 Å². The van der Waals surface area contributed by atoms with E-state index in [1.165, 1.54) is 0 Å². The summed E-state index contributed by atoms with van der Waals surface area (Å²) >= 11 is 6.01. The molecule has 0 aliphatic heterocycles. The smallest absolute Gasteiger partial charge is 0.224 e. The van der Waals surface area contributed by atoms with Crippen LogP contribution >= 0.6 is 11.6 Å². The summed E-state index contributed by atoms with van der Waals surface area (Å²) < 4.78 is 0. The predicted octanol–water partition coefficient (Wildman–Crippen LogP) is 2.34. The molecule has 1 rings (SSSR count). The average Bonchev–Trinajstić information content (AvgIpc) is 2.41. The van der Waals surface area contributed by atoms with Crippen LogP contribution in [0.1, 0.15) is 26.7 Å². The lowest BCUT2D eigenvalue weighted by Crippen LogP contribution is -2.44. The Labute approximate surface area is 131 Å². The van der Waals surface area contributed by atoms with Crippen molar-refractivity contribution in [3.05, 3.63) is 23.2 Å². The Morgan fingerprint density at radius 2 is 2.14 bits per heavy atom. The maximum absolute atomic E-state index is 11.9. The highest BCUT2D eigenvalue weighted by Crippen LogP contribution is 2.24. The number of nitrogens with zero attached hydrogens (tertiary/aromatic N) is 1. The molecule has 1 aromatic carbocycles. The van der Waals surface area contributed by atoms with E-state index < -0.39 is 0 Å². The highest BCUT2D eigenvalue weighted by molar-refractivity contribution is 6.34. The summed E-state index contributed by atoms with van der Waals surface area (Å²) in [7, 11) is 1.94. The van der Waals surface area contributed by atoms with Crippen molar-refractivity contribution in [1.82, 2.24) is 4.90 Å². The molecule has 0 aromatic heterocycles. The van der Waals surface area contributed by atoms with Crippen LogP contribution in [0.5, 0.6) is 0 Å². The van der Waals surface area contributed by atoms with E-state index in [4.69, 9.17) is 17.3 Å². The number of nitrogens with one attached hydrogen (secondary N) is 1. The number of carbonyl (C=O) groups excluding carboxylic acids is 1. The second kappa shape index (κ2) is 7.64. The summed E-state index contributed by atoms with van der Waals surface area (Å²) in [6.07, 6.45) is 1.10. The molecule has 21 heavy (non-hydrogen) atoms. The Morgan fingerprint density at radius 3 is 2.71 bits per heavy atom. The first-order valence-corrected chi connectivity index (χ1v) is 7.31. The summed E-state index contributed by atoms with van der Waals surface area (Å²) in [4.78, 5) is 13.9. The molecule has 0 heterocycles. The number of nitrogens with two attached hydrogens (primary N) is 1. The number of anilines is 2. The SMILES string of the molecule is CN(CCCC(=O)Nc1ccc(N)cc1Cl)C(C)(C)CO. The van der Waals surface area contributed by atoms with Gasteiger partial charge in [0.1, 0.15) is 0 Å². The molecule has 0 fully saturated rings. The standard InChI is InChI=1S/C15H24ClN3O2/c1-15(2,10-20)19(3)8-4-5-14(21)18-13-7-6-11(17)9-12(13)16/h6-7,9,20H,4-5,8,10,17H2,1-3H3,(H,18,21). The molecule has 1 amide bonds. The van der Waals surface area contributed by atoms with Gasteiger partial charge in [-0.2, -0.15) is 0 Å². The van der Waals surface area contributed by atoms with Crippen LogP contribution in [0.15, 0.2) is 18.2 Å². The lowest BCUT2D eigenvalue weighted by Gasteiger charge is -2.33. The van der Waals surface area contributed by atoms with Gasteiger partial charge in [-0.15, -0.1) is 0 Å². The number of aliphatic hydroxyl groups excluding tert-OH is 1. The van der Waals surface area contributed by atoms with Crippen molar-refractivity contribution >= 4 is 28.9 Å². The van der Waals surface area contributed by atoms with E-state index in [9.17, 15) is 9.90 Å². The third kappa shape index (κ3) is 5.53. The van der Waals surface area contributed by atoms with Crippen molar-refractivity contribution in [2.45, 2.75) is 32.2 Å². The molecular weight excluding hydrogens is 290 g/mol. The van der Waals surface area contributed by atoms with Gasteiger partial charge in [0.15, 0.2) is 0 Å². The highest BCUT2D eigenvalue weighted by atomic mass is 35.5. The molecule has 4 N–H and O–H groups in total. The van der Waals surface area contributed by atoms with E-state index in [-0.39, 0.29) is 18.1 Å². The number of likely N-dealkylation sites (N-methyl/N-ethyl adjacent to an activating group) is 1. The van der Waals surface area contributed by atoms with Crippen molar-refractivity contribution in [2.75, 3.05) is 31.2 Å². The Morgan fingerprint density at radius 1 is 1.48 bits per heavy atom. The monoisotopic (exact) mass is 313 g/mol. The number of aliphatic hydroxyl groups is 1. The van der Waals surface area contributed by atoms with Crippen LogP contribution in [-0.4, -0.2) is 41.7 Å². The Hall–Kier alpha value is -1.30. The van der Waals surface area contributed by atoms with E-state index in [0.717, 1.165) is 6.54 Å². The molecule has 0 bridgehead atoms. The maximum atomic E-state index is 11.9. The van der Waals surface area contributed by atoms with Gasteiger partial charge < -0.3 is 16.2 Å². The zero-order chi connectivity index (χ0) is 16.0. The first-order valence-electron chi connectivity index (χ1n) is 6.93. The van der Waals surface area contributed by atoms with Gasteiger partial charge in [-0.1, -0.05) is 11.6 Å². The number of benzene rings is 1. The fraction of sp³-hybridized carbons (Fsp3) is 0.533. The first kappa shape index (κ1) is 17.8. The summed E-state index contributed by atoms with van der Waals surface area (Å²) in [5.74, 6) is -0.0862. The Kier molecular flexibility index (Phi) is 6.45. The fourth-order valence-electron chi connectivity index (χ4n) is 1.75. The van der Waals surface area contributed by atoms with Crippen LogP contribution in [0.25, 0.3) is 0 Å². The summed E-state index contributed by atoms with van der Waals surface area (Å²) in [6.45, 7) is 4.73. The molecule has 0 saturated carbocycles. The average molecular weight is 314 g/mol. The van der Waals surface area contributed by atoms with Gasteiger partial charge in [0.25, 0.3) is 0 Å². The molecule has 5 nitrogen and oxygen atoms in total. The van der Waals surface area contributed by atoms with Crippen LogP contribution in [0, 0.1) is 0 Å². The van der Waals surface area contributed by atoms with Crippen LogP contribution < -0.4 is 11.1 Å². The molecule has 0 saturated heterocycles. The zero-order valence-electron chi connectivity index (χ0n) is 12.8. The summed E-state index contributed by atoms with van der Waals surface area (Å²) in [5.41, 5.74) is 6.45. The van der Waals surface area contributed by atoms with Crippen LogP contribution in [0.2, 0.25) is 5.02 Å². The first-order chi connectivity index (χ1) is 9.76. The molecular formula is C15H24ClN3O2. The molecule has 118 valence electrons. The number of hydrogen-bond donors (Lipinski definition) is 3. The van der Waals surface area contributed by atoms with Crippen molar-refractivity contribution in [2.24, 2.45) is 0 Å². The van der Waals surface area contributed by atoms with Crippen molar-refractivity contribution in [1.29, 1.82) is 0 Å². The van der Waals surface area contributed by atoms with E-state index in [2.05, 4.69) is 5.32 Å². The lowest BCUT2D eigenvalue weighted by molar-refractivity contribution is -0.116. The topological polar surface area (TPSA) is 78.6 Å². The third-order valence-electron chi connectivity index (χ3n) is 3.58. The summed E-state index contributed by atoms with van der Waals surface area (Å²) in [5, 5.41) is 12.5. The molecule has 0 atom stereocenters. The Bertz CT molecular complexity index is 492. The van der Waals surface area contributed by atoms with E-state index in [1.54, 1.807) is 18.2 Å².